The minimum Gasteiger partial charge on any atom is -0.369 e. The summed E-state index contributed by atoms with van der Waals surface area (Å²) in [5.41, 5.74) is 6.71. The van der Waals surface area contributed by atoms with Crippen LogP contribution in [0.5, 0.6) is 0 Å². The zero-order valence-corrected chi connectivity index (χ0v) is 10.8. The summed E-state index contributed by atoms with van der Waals surface area (Å²) in [6.45, 7) is 0.898. The van der Waals surface area contributed by atoms with Gasteiger partial charge in [-0.25, -0.2) is 0 Å². The molecule has 5 heteroatoms. The van der Waals surface area contributed by atoms with E-state index in [0.29, 0.717) is 0 Å². The SMILES string of the molecule is NC(=O)Cc1ccc(NC(=O)[C@H]2CCCCN2)cc1. The van der Waals surface area contributed by atoms with E-state index in [4.69, 9.17) is 5.73 Å². The second kappa shape index (κ2) is 6.33. The van der Waals surface area contributed by atoms with Crippen molar-refractivity contribution in [1.82, 2.24) is 5.32 Å². The lowest BCUT2D eigenvalue weighted by Gasteiger charge is -2.22. The van der Waals surface area contributed by atoms with Crippen LogP contribution in [-0.2, 0) is 16.0 Å². The Labute approximate surface area is 112 Å². The van der Waals surface area contributed by atoms with E-state index in [1.54, 1.807) is 24.3 Å². The van der Waals surface area contributed by atoms with Crippen LogP contribution in [0, 0.1) is 0 Å². The smallest absolute Gasteiger partial charge is 0.241 e. The van der Waals surface area contributed by atoms with E-state index in [0.717, 1.165) is 37.1 Å². The number of nitrogens with two attached hydrogens (primary N) is 1. The van der Waals surface area contributed by atoms with E-state index in [9.17, 15) is 9.59 Å². The second-order valence-corrected chi connectivity index (χ2v) is 4.83. The summed E-state index contributed by atoms with van der Waals surface area (Å²) >= 11 is 0. The molecule has 1 fully saturated rings. The quantitative estimate of drug-likeness (QED) is 0.749. The number of piperidine rings is 1. The average molecular weight is 261 g/mol. The van der Waals surface area contributed by atoms with Crippen molar-refractivity contribution in [3.8, 4) is 0 Å². The number of carbonyl (C=O) groups is 2. The van der Waals surface area contributed by atoms with E-state index < -0.39 is 0 Å². The number of carbonyl (C=O) groups excluding carboxylic acids is 2. The molecular formula is C14H19N3O2. The first-order valence-electron chi connectivity index (χ1n) is 6.56. The molecule has 1 aliphatic heterocycles. The lowest BCUT2D eigenvalue weighted by Crippen LogP contribution is -2.43. The summed E-state index contributed by atoms with van der Waals surface area (Å²) in [5.74, 6) is -0.356. The molecular weight excluding hydrogens is 242 g/mol. The van der Waals surface area contributed by atoms with Crippen LogP contribution in [0.2, 0.25) is 0 Å². The van der Waals surface area contributed by atoms with Crippen molar-refractivity contribution >= 4 is 17.5 Å². The molecule has 1 aliphatic rings. The molecule has 0 unspecified atom stereocenters. The largest absolute Gasteiger partial charge is 0.369 e. The van der Waals surface area contributed by atoms with Gasteiger partial charge in [0, 0.05) is 5.69 Å². The van der Waals surface area contributed by atoms with Gasteiger partial charge in [-0.05, 0) is 37.1 Å². The molecule has 0 aliphatic carbocycles. The van der Waals surface area contributed by atoms with Crippen LogP contribution in [0.25, 0.3) is 0 Å². The molecule has 0 radical (unpaired) electrons. The molecule has 1 aromatic rings. The van der Waals surface area contributed by atoms with Crippen LogP contribution in [0.1, 0.15) is 24.8 Å². The Balaban J connectivity index is 1.91. The number of hydrogen-bond donors (Lipinski definition) is 3. The Morgan fingerprint density at radius 2 is 2.00 bits per heavy atom. The van der Waals surface area contributed by atoms with Crippen LogP contribution >= 0.6 is 0 Å². The summed E-state index contributed by atoms with van der Waals surface area (Å²) in [6, 6.07) is 7.08. The molecule has 2 rings (SSSR count). The third-order valence-electron chi connectivity index (χ3n) is 3.23. The standard InChI is InChI=1S/C14H19N3O2/c15-13(18)9-10-4-6-11(7-5-10)17-14(19)12-3-1-2-8-16-12/h4-7,12,16H,1-3,8-9H2,(H2,15,18)(H,17,19)/t12-/m1/s1. The topological polar surface area (TPSA) is 84.2 Å². The maximum atomic E-state index is 12.0. The van der Waals surface area contributed by atoms with Crippen LogP contribution in [0.15, 0.2) is 24.3 Å². The van der Waals surface area contributed by atoms with Crippen LogP contribution < -0.4 is 16.4 Å². The van der Waals surface area contributed by atoms with Crippen molar-refractivity contribution in [2.75, 3.05) is 11.9 Å². The minimum absolute atomic E-state index is 0.00218. The molecule has 2 amide bonds. The van der Waals surface area contributed by atoms with Gasteiger partial charge in [0.1, 0.15) is 0 Å². The average Bonchev–Trinajstić information content (AvgIpc) is 2.41. The Kier molecular flexibility index (Phi) is 4.52. The Hall–Kier alpha value is -1.88. The first-order valence-corrected chi connectivity index (χ1v) is 6.56. The van der Waals surface area contributed by atoms with Crippen molar-refractivity contribution in [3.05, 3.63) is 29.8 Å². The highest BCUT2D eigenvalue weighted by atomic mass is 16.2. The van der Waals surface area contributed by atoms with Gasteiger partial charge in [0.05, 0.1) is 12.5 Å². The Bertz CT molecular complexity index is 450. The van der Waals surface area contributed by atoms with Gasteiger partial charge < -0.3 is 16.4 Å². The van der Waals surface area contributed by atoms with Crippen molar-refractivity contribution in [2.24, 2.45) is 5.73 Å². The number of hydrogen-bond acceptors (Lipinski definition) is 3. The molecule has 5 nitrogen and oxygen atoms in total. The lowest BCUT2D eigenvalue weighted by atomic mass is 10.0. The summed E-state index contributed by atoms with van der Waals surface area (Å²) in [4.78, 5) is 22.8. The molecule has 1 saturated heterocycles. The maximum Gasteiger partial charge on any atom is 0.241 e. The van der Waals surface area contributed by atoms with Crippen LogP contribution in [-0.4, -0.2) is 24.4 Å². The fourth-order valence-electron chi connectivity index (χ4n) is 2.21. The number of primary amides is 1. The predicted octanol–water partition coefficient (Wildman–Crippen LogP) is 0.795. The lowest BCUT2D eigenvalue weighted by molar-refractivity contribution is -0.119. The molecule has 0 saturated carbocycles. The highest BCUT2D eigenvalue weighted by molar-refractivity contribution is 5.94. The number of anilines is 1. The third-order valence-corrected chi connectivity index (χ3v) is 3.23. The molecule has 1 atom stereocenters. The fraction of sp³-hybridized carbons (Fsp3) is 0.429. The first kappa shape index (κ1) is 13.5. The fourth-order valence-corrected chi connectivity index (χ4v) is 2.21. The van der Waals surface area contributed by atoms with Crippen molar-refractivity contribution < 1.29 is 9.59 Å². The molecule has 0 aromatic heterocycles. The van der Waals surface area contributed by atoms with Gasteiger partial charge in [-0.2, -0.15) is 0 Å². The van der Waals surface area contributed by atoms with E-state index >= 15 is 0 Å². The molecule has 19 heavy (non-hydrogen) atoms. The summed E-state index contributed by atoms with van der Waals surface area (Å²) in [7, 11) is 0. The van der Waals surface area contributed by atoms with Crippen molar-refractivity contribution in [3.63, 3.8) is 0 Å². The van der Waals surface area contributed by atoms with Crippen molar-refractivity contribution in [2.45, 2.75) is 31.7 Å². The molecule has 102 valence electrons. The Morgan fingerprint density at radius 1 is 1.26 bits per heavy atom. The first-order chi connectivity index (χ1) is 9.15. The number of rotatable bonds is 4. The number of benzene rings is 1. The predicted molar refractivity (Wildman–Crippen MR) is 73.6 cm³/mol. The van der Waals surface area contributed by atoms with E-state index in [1.165, 1.54) is 0 Å². The number of amides is 2. The molecule has 4 N–H and O–H groups in total. The zero-order valence-electron chi connectivity index (χ0n) is 10.8. The van der Waals surface area contributed by atoms with Crippen LogP contribution in [0.4, 0.5) is 5.69 Å². The highest BCUT2D eigenvalue weighted by Gasteiger charge is 2.20. The van der Waals surface area contributed by atoms with E-state index in [2.05, 4.69) is 10.6 Å². The molecule has 1 heterocycles. The second-order valence-electron chi connectivity index (χ2n) is 4.83. The van der Waals surface area contributed by atoms with Crippen LogP contribution in [0.3, 0.4) is 0 Å². The van der Waals surface area contributed by atoms with Gasteiger partial charge in [-0.3, -0.25) is 9.59 Å². The van der Waals surface area contributed by atoms with Gasteiger partial charge in [-0.15, -0.1) is 0 Å². The van der Waals surface area contributed by atoms with Gasteiger partial charge in [0.25, 0.3) is 0 Å². The zero-order chi connectivity index (χ0) is 13.7. The third kappa shape index (κ3) is 4.06. The Morgan fingerprint density at radius 3 is 2.58 bits per heavy atom. The summed E-state index contributed by atoms with van der Waals surface area (Å²) in [6.07, 6.45) is 3.32. The highest BCUT2D eigenvalue weighted by Crippen LogP contribution is 2.13. The summed E-state index contributed by atoms with van der Waals surface area (Å²) in [5, 5.41) is 6.08. The maximum absolute atomic E-state index is 12.0. The minimum atomic E-state index is -0.358. The summed E-state index contributed by atoms with van der Waals surface area (Å²) < 4.78 is 0. The molecule has 0 bridgehead atoms. The van der Waals surface area contributed by atoms with Gasteiger partial charge in [0.15, 0.2) is 0 Å². The van der Waals surface area contributed by atoms with Gasteiger partial charge in [-0.1, -0.05) is 18.6 Å². The monoisotopic (exact) mass is 261 g/mol. The van der Waals surface area contributed by atoms with Crippen molar-refractivity contribution in [1.29, 1.82) is 0 Å². The normalized spacial score (nSPS) is 18.8. The van der Waals surface area contributed by atoms with E-state index in [-0.39, 0.29) is 24.3 Å². The van der Waals surface area contributed by atoms with Gasteiger partial charge >= 0.3 is 0 Å². The van der Waals surface area contributed by atoms with E-state index in [1.807, 2.05) is 0 Å². The van der Waals surface area contributed by atoms with Gasteiger partial charge in [0.2, 0.25) is 11.8 Å². The molecule has 0 spiro atoms. The number of nitrogens with one attached hydrogen (secondary N) is 2. The molecule has 1 aromatic carbocycles.